The lowest BCUT2D eigenvalue weighted by Crippen LogP contribution is -2.41. The van der Waals surface area contributed by atoms with Crippen LogP contribution in [0.3, 0.4) is 0 Å². The smallest absolute Gasteiger partial charge is 0.507 e. The van der Waals surface area contributed by atoms with Gasteiger partial charge in [-0.05, 0) is 46.3 Å². The number of hydrogen-bond acceptors (Lipinski definition) is 5. The van der Waals surface area contributed by atoms with E-state index in [1.807, 2.05) is 27.7 Å². The quantitative estimate of drug-likeness (QED) is 0.845. The number of hydrogen-bond donors (Lipinski definition) is 1. The SMILES string of the molecule is CC(=C(F)B1OC(C)(C)C(C)(C)O1)c1cc2c(cc1O)OCO2. The summed E-state index contributed by atoms with van der Waals surface area (Å²) in [5.74, 6) is 0.826. The van der Waals surface area contributed by atoms with Crippen LogP contribution in [0.25, 0.3) is 5.57 Å². The van der Waals surface area contributed by atoms with Gasteiger partial charge in [-0.2, -0.15) is 0 Å². The number of rotatable bonds is 2. The van der Waals surface area contributed by atoms with Gasteiger partial charge in [-0.15, -0.1) is 0 Å². The highest BCUT2D eigenvalue weighted by molar-refractivity contribution is 6.55. The molecule has 0 spiro atoms. The third kappa shape index (κ3) is 2.58. The summed E-state index contributed by atoms with van der Waals surface area (Å²) in [6.45, 7) is 9.07. The predicted octanol–water partition coefficient (Wildman–Crippen LogP) is 3.45. The molecule has 2 aliphatic rings. The van der Waals surface area contributed by atoms with Crippen molar-refractivity contribution in [3.63, 3.8) is 0 Å². The van der Waals surface area contributed by atoms with E-state index in [-0.39, 0.29) is 18.1 Å². The maximum atomic E-state index is 14.9. The fraction of sp³-hybridized carbons (Fsp3) is 0.500. The number of benzene rings is 1. The third-order valence-electron chi connectivity index (χ3n) is 4.71. The Hall–Kier alpha value is -1.73. The van der Waals surface area contributed by atoms with Crippen LogP contribution in [-0.2, 0) is 9.31 Å². The minimum absolute atomic E-state index is 0.0840. The third-order valence-corrected chi connectivity index (χ3v) is 4.71. The molecule has 1 fully saturated rings. The van der Waals surface area contributed by atoms with Crippen LogP contribution in [0.5, 0.6) is 17.2 Å². The van der Waals surface area contributed by atoms with E-state index >= 15 is 0 Å². The Morgan fingerprint density at radius 1 is 1.09 bits per heavy atom. The van der Waals surface area contributed by atoms with Gasteiger partial charge in [0.25, 0.3) is 0 Å². The van der Waals surface area contributed by atoms with Crippen molar-refractivity contribution >= 4 is 12.7 Å². The molecule has 3 rings (SSSR count). The van der Waals surface area contributed by atoms with Gasteiger partial charge in [0.05, 0.1) is 11.2 Å². The summed E-state index contributed by atoms with van der Waals surface area (Å²) in [6, 6.07) is 2.97. The van der Waals surface area contributed by atoms with E-state index in [2.05, 4.69) is 0 Å². The first-order chi connectivity index (χ1) is 10.6. The molecule has 0 amide bonds. The molecule has 23 heavy (non-hydrogen) atoms. The fourth-order valence-corrected chi connectivity index (χ4v) is 2.48. The zero-order valence-electron chi connectivity index (χ0n) is 13.9. The number of halogens is 1. The Labute approximate surface area is 135 Å². The molecule has 0 saturated carbocycles. The summed E-state index contributed by atoms with van der Waals surface area (Å²) in [4.78, 5) is 0. The van der Waals surface area contributed by atoms with Crippen molar-refractivity contribution in [2.45, 2.75) is 45.8 Å². The second-order valence-corrected chi connectivity index (χ2v) is 6.78. The number of phenolic OH excluding ortho intramolecular Hbond substituents is 1. The van der Waals surface area contributed by atoms with Crippen LogP contribution in [-0.4, -0.2) is 30.2 Å². The lowest BCUT2D eigenvalue weighted by molar-refractivity contribution is 0.00578. The maximum Gasteiger partial charge on any atom is 0.525 e. The molecule has 2 aliphatic heterocycles. The van der Waals surface area contributed by atoms with Gasteiger partial charge in [0.1, 0.15) is 11.5 Å². The molecule has 0 radical (unpaired) electrons. The lowest BCUT2D eigenvalue weighted by atomic mass is 9.83. The van der Waals surface area contributed by atoms with Gasteiger partial charge >= 0.3 is 7.12 Å². The highest BCUT2D eigenvalue weighted by Crippen LogP contribution is 2.43. The van der Waals surface area contributed by atoms with Gasteiger partial charge in [-0.3, -0.25) is 0 Å². The van der Waals surface area contributed by atoms with E-state index < -0.39 is 24.0 Å². The maximum absolute atomic E-state index is 14.9. The molecule has 0 aliphatic carbocycles. The largest absolute Gasteiger partial charge is 0.525 e. The zero-order valence-corrected chi connectivity index (χ0v) is 13.9. The van der Waals surface area contributed by atoms with E-state index in [1.165, 1.54) is 6.07 Å². The van der Waals surface area contributed by atoms with Crippen molar-refractivity contribution in [2.75, 3.05) is 6.79 Å². The first-order valence-electron chi connectivity index (χ1n) is 7.47. The predicted molar refractivity (Wildman–Crippen MR) is 84.0 cm³/mol. The minimum Gasteiger partial charge on any atom is -0.507 e. The van der Waals surface area contributed by atoms with Gasteiger partial charge in [0.2, 0.25) is 6.79 Å². The second-order valence-electron chi connectivity index (χ2n) is 6.78. The van der Waals surface area contributed by atoms with Crippen molar-refractivity contribution in [2.24, 2.45) is 0 Å². The van der Waals surface area contributed by atoms with Crippen molar-refractivity contribution in [3.05, 3.63) is 23.4 Å². The number of ether oxygens (including phenoxy) is 2. The second kappa shape index (κ2) is 5.14. The van der Waals surface area contributed by atoms with Gasteiger partial charge in [0, 0.05) is 11.6 Å². The first-order valence-corrected chi connectivity index (χ1v) is 7.47. The van der Waals surface area contributed by atoms with Crippen LogP contribution in [0, 0.1) is 0 Å². The van der Waals surface area contributed by atoms with E-state index in [1.54, 1.807) is 13.0 Å². The zero-order chi connectivity index (χ0) is 17.0. The molecule has 1 aromatic rings. The number of aromatic hydroxyl groups is 1. The molecule has 1 aromatic carbocycles. The lowest BCUT2D eigenvalue weighted by Gasteiger charge is -2.32. The van der Waals surface area contributed by atoms with Gasteiger partial charge < -0.3 is 23.9 Å². The Bertz CT molecular complexity index is 667. The Morgan fingerprint density at radius 2 is 1.61 bits per heavy atom. The summed E-state index contributed by atoms with van der Waals surface area (Å²) < 4.78 is 36.7. The number of phenols is 1. The van der Waals surface area contributed by atoms with Crippen LogP contribution in [0.2, 0.25) is 0 Å². The highest BCUT2D eigenvalue weighted by atomic mass is 19.1. The van der Waals surface area contributed by atoms with Crippen LogP contribution in [0.1, 0.15) is 40.2 Å². The van der Waals surface area contributed by atoms with Gasteiger partial charge in [0.15, 0.2) is 11.5 Å². The molecule has 124 valence electrons. The molecule has 7 heteroatoms. The normalized spacial score (nSPS) is 22.3. The molecule has 0 atom stereocenters. The average Bonchev–Trinajstić information content (AvgIpc) is 2.98. The van der Waals surface area contributed by atoms with E-state index in [9.17, 15) is 9.50 Å². The van der Waals surface area contributed by atoms with Crippen LogP contribution in [0.4, 0.5) is 4.39 Å². The summed E-state index contributed by atoms with van der Waals surface area (Å²) in [5.41, 5.74) is -1.28. The number of allylic oxidation sites excluding steroid dienone is 1. The fourth-order valence-electron chi connectivity index (χ4n) is 2.48. The van der Waals surface area contributed by atoms with E-state index in [4.69, 9.17) is 18.8 Å². The van der Waals surface area contributed by atoms with Crippen LogP contribution in [0.15, 0.2) is 17.9 Å². The highest BCUT2D eigenvalue weighted by Gasteiger charge is 2.53. The molecule has 2 heterocycles. The minimum atomic E-state index is -1.11. The monoisotopic (exact) mass is 322 g/mol. The summed E-state index contributed by atoms with van der Waals surface area (Å²) >= 11 is 0. The molecule has 1 saturated heterocycles. The van der Waals surface area contributed by atoms with E-state index in [0.717, 1.165) is 0 Å². The molecule has 5 nitrogen and oxygen atoms in total. The molecule has 0 aromatic heterocycles. The van der Waals surface area contributed by atoms with Crippen LogP contribution < -0.4 is 9.47 Å². The van der Waals surface area contributed by atoms with Crippen molar-refractivity contribution < 1.29 is 28.3 Å². The van der Waals surface area contributed by atoms with Gasteiger partial charge in [-0.25, -0.2) is 4.39 Å². The van der Waals surface area contributed by atoms with E-state index in [0.29, 0.717) is 17.1 Å². The molecule has 0 unspecified atom stereocenters. The molecule has 1 N–H and O–H groups in total. The molecular weight excluding hydrogens is 302 g/mol. The average molecular weight is 322 g/mol. The standard InChI is InChI=1S/C16H20BFO5/c1-9(10-6-12-13(7-11(10)19)21-8-20-12)14(18)17-22-15(2,3)16(4,5)23-17/h6-7,19H,8H2,1-5H3. The number of fused-ring (bicyclic) bond motifs is 1. The topological polar surface area (TPSA) is 57.2 Å². The van der Waals surface area contributed by atoms with Crippen molar-refractivity contribution in [3.8, 4) is 17.2 Å². The summed E-state index contributed by atoms with van der Waals surface area (Å²) in [5, 5.41) is 10.1. The molecular formula is C16H20BFO5. The van der Waals surface area contributed by atoms with Crippen molar-refractivity contribution in [1.29, 1.82) is 0 Å². The summed E-state index contributed by atoms with van der Waals surface area (Å²) in [6.07, 6.45) is 0. The molecule has 0 bridgehead atoms. The first kappa shape index (κ1) is 16.1. The Balaban J connectivity index is 1.96. The van der Waals surface area contributed by atoms with Crippen molar-refractivity contribution in [1.82, 2.24) is 0 Å². The Kier molecular flexibility index (Phi) is 3.61. The van der Waals surface area contributed by atoms with Crippen LogP contribution >= 0.6 is 0 Å². The Morgan fingerprint density at radius 3 is 2.17 bits per heavy atom. The summed E-state index contributed by atoms with van der Waals surface area (Å²) in [7, 11) is -1.11. The van der Waals surface area contributed by atoms with Gasteiger partial charge in [-0.1, -0.05) is 0 Å².